The van der Waals surface area contributed by atoms with Crippen molar-refractivity contribution in [3.8, 4) is 0 Å². The van der Waals surface area contributed by atoms with Crippen molar-refractivity contribution in [1.29, 1.82) is 0 Å². The first-order valence-electron chi connectivity index (χ1n) is 13.0. The van der Waals surface area contributed by atoms with Crippen LogP contribution in [0.4, 0.5) is 11.4 Å². The lowest BCUT2D eigenvalue weighted by atomic mass is 9.86. The number of nitrogens with one attached hydrogen (secondary N) is 2. The Hall–Kier alpha value is -4.23. The van der Waals surface area contributed by atoms with Gasteiger partial charge in [0.1, 0.15) is 0 Å². The molecular weight excluding hydrogens is 520 g/mol. The highest BCUT2D eigenvalue weighted by molar-refractivity contribution is 7.92. The van der Waals surface area contributed by atoms with Crippen molar-refractivity contribution in [2.45, 2.75) is 51.9 Å². The maximum absolute atomic E-state index is 13.3. The van der Waals surface area contributed by atoms with E-state index in [-0.39, 0.29) is 21.7 Å². The molecule has 0 unspecified atom stereocenters. The molecule has 0 fully saturated rings. The van der Waals surface area contributed by atoms with Crippen LogP contribution < -0.4 is 10.0 Å². The van der Waals surface area contributed by atoms with Gasteiger partial charge in [0.05, 0.1) is 10.6 Å². The molecule has 0 atom stereocenters. The van der Waals surface area contributed by atoms with Gasteiger partial charge in [-0.2, -0.15) is 0 Å². The summed E-state index contributed by atoms with van der Waals surface area (Å²) in [5, 5.41) is 2.79. The van der Waals surface area contributed by atoms with Crippen LogP contribution in [0.3, 0.4) is 0 Å². The molecule has 4 rings (SSSR count). The van der Waals surface area contributed by atoms with Gasteiger partial charge in [0.15, 0.2) is 5.78 Å². The normalized spacial score (nSPS) is 11.7. The van der Waals surface area contributed by atoms with Crippen LogP contribution in [0.1, 0.15) is 69.3 Å². The Kier molecular flexibility index (Phi) is 7.98. The maximum Gasteiger partial charge on any atom is 0.262 e. The van der Waals surface area contributed by atoms with Crippen LogP contribution in [-0.4, -0.2) is 20.1 Å². The standard InChI is InChI=1S/C33H34N2O4S/c1-21-9-7-12-29(23(21)3)35-40(38,39)30-20-26(14-13-22(30)2)32(37)34-28-11-8-10-25(19-28)31(36)24-15-17-27(18-16-24)33(4,5)6/h7-20,35H,1-6H3,(H,34,37). The fraction of sp³-hybridized carbons (Fsp3) is 0.212. The van der Waals surface area contributed by atoms with Crippen molar-refractivity contribution >= 4 is 33.1 Å². The lowest BCUT2D eigenvalue weighted by molar-refractivity contribution is 0.102. The van der Waals surface area contributed by atoms with Gasteiger partial charge in [-0.25, -0.2) is 8.42 Å². The molecule has 0 aliphatic heterocycles. The molecule has 7 heteroatoms. The second-order valence-corrected chi connectivity index (χ2v) is 12.7. The van der Waals surface area contributed by atoms with Crippen LogP contribution in [0.5, 0.6) is 0 Å². The van der Waals surface area contributed by atoms with E-state index in [1.165, 1.54) is 6.07 Å². The maximum atomic E-state index is 13.3. The monoisotopic (exact) mass is 554 g/mol. The lowest BCUT2D eigenvalue weighted by Gasteiger charge is -2.19. The third-order valence-corrected chi connectivity index (χ3v) is 8.49. The van der Waals surface area contributed by atoms with E-state index in [1.54, 1.807) is 55.5 Å². The molecular formula is C33H34N2O4S. The Morgan fingerprint density at radius 1 is 0.700 bits per heavy atom. The van der Waals surface area contributed by atoms with Gasteiger partial charge in [0, 0.05) is 22.4 Å². The molecule has 2 N–H and O–H groups in total. The lowest BCUT2D eigenvalue weighted by Crippen LogP contribution is -2.18. The van der Waals surface area contributed by atoms with E-state index in [4.69, 9.17) is 0 Å². The third-order valence-electron chi connectivity index (χ3n) is 6.98. The van der Waals surface area contributed by atoms with Crippen molar-refractivity contribution in [2.24, 2.45) is 0 Å². The van der Waals surface area contributed by atoms with E-state index in [0.717, 1.165) is 16.7 Å². The van der Waals surface area contributed by atoms with Crippen LogP contribution in [-0.2, 0) is 15.4 Å². The van der Waals surface area contributed by atoms with Crippen LogP contribution >= 0.6 is 0 Å². The minimum absolute atomic E-state index is 0.0173. The minimum Gasteiger partial charge on any atom is -0.322 e. The highest BCUT2D eigenvalue weighted by Gasteiger charge is 2.21. The van der Waals surface area contributed by atoms with Gasteiger partial charge in [-0.15, -0.1) is 0 Å². The van der Waals surface area contributed by atoms with Gasteiger partial charge >= 0.3 is 0 Å². The first-order valence-corrected chi connectivity index (χ1v) is 14.5. The first-order chi connectivity index (χ1) is 18.8. The topological polar surface area (TPSA) is 92.3 Å². The number of ketones is 1. The largest absolute Gasteiger partial charge is 0.322 e. The van der Waals surface area contributed by atoms with Crippen molar-refractivity contribution < 1.29 is 18.0 Å². The molecule has 206 valence electrons. The van der Waals surface area contributed by atoms with Gasteiger partial charge in [0.25, 0.3) is 15.9 Å². The summed E-state index contributed by atoms with van der Waals surface area (Å²) in [5.41, 5.74) is 5.52. The van der Waals surface area contributed by atoms with Crippen LogP contribution in [0, 0.1) is 20.8 Å². The summed E-state index contributed by atoms with van der Waals surface area (Å²) in [5.74, 6) is -0.639. The summed E-state index contributed by atoms with van der Waals surface area (Å²) < 4.78 is 29.2. The Bertz CT molecular complexity index is 1700. The van der Waals surface area contributed by atoms with Crippen LogP contribution in [0.25, 0.3) is 0 Å². The molecule has 4 aromatic carbocycles. The number of benzene rings is 4. The third kappa shape index (κ3) is 6.32. The zero-order valence-corrected chi connectivity index (χ0v) is 24.4. The summed E-state index contributed by atoms with van der Waals surface area (Å²) >= 11 is 0. The average Bonchev–Trinajstić information content (AvgIpc) is 2.90. The molecule has 0 heterocycles. The molecule has 0 radical (unpaired) electrons. The summed E-state index contributed by atoms with van der Waals surface area (Å²) in [6.45, 7) is 11.8. The number of carbonyl (C=O) groups excluding carboxylic acids is 2. The highest BCUT2D eigenvalue weighted by Crippen LogP contribution is 2.26. The van der Waals surface area contributed by atoms with E-state index in [9.17, 15) is 18.0 Å². The molecule has 0 saturated heterocycles. The van der Waals surface area contributed by atoms with E-state index in [0.29, 0.717) is 28.1 Å². The average molecular weight is 555 g/mol. The van der Waals surface area contributed by atoms with Crippen LogP contribution in [0.15, 0.2) is 89.8 Å². The molecule has 0 aliphatic rings. The summed E-state index contributed by atoms with van der Waals surface area (Å²) in [7, 11) is -3.95. The smallest absolute Gasteiger partial charge is 0.262 e. The van der Waals surface area contributed by atoms with Crippen molar-refractivity contribution in [2.75, 3.05) is 10.0 Å². The molecule has 0 spiro atoms. The fourth-order valence-corrected chi connectivity index (χ4v) is 5.72. The molecule has 1 amide bonds. The van der Waals surface area contributed by atoms with Gasteiger partial charge in [-0.1, -0.05) is 75.4 Å². The number of sulfonamides is 1. The Morgan fingerprint density at radius 3 is 2.02 bits per heavy atom. The number of amides is 1. The minimum atomic E-state index is -3.95. The van der Waals surface area contributed by atoms with Crippen LogP contribution in [0.2, 0.25) is 0 Å². The van der Waals surface area contributed by atoms with Crippen molar-refractivity contribution in [3.05, 3.63) is 124 Å². The van der Waals surface area contributed by atoms with E-state index in [2.05, 4.69) is 30.8 Å². The molecule has 6 nitrogen and oxygen atoms in total. The molecule has 0 aromatic heterocycles. The molecule has 0 saturated carbocycles. The van der Waals surface area contributed by atoms with Gasteiger partial charge in [-0.05, 0) is 78.8 Å². The zero-order chi connectivity index (χ0) is 29.2. The number of hydrogen-bond acceptors (Lipinski definition) is 4. The Morgan fingerprint density at radius 2 is 1.35 bits per heavy atom. The van der Waals surface area contributed by atoms with Gasteiger partial charge in [0.2, 0.25) is 0 Å². The predicted octanol–water partition coefficient (Wildman–Crippen LogP) is 7.19. The van der Waals surface area contributed by atoms with Crippen molar-refractivity contribution in [1.82, 2.24) is 0 Å². The molecule has 0 bridgehead atoms. The van der Waals surface area contributed by atoms with Gasteiger partial charge in [-0.3, -0.25) is 14.3 Å². The molecule has 40 heavy (non-hydrogen) atoms. The van der Waals surface area contributed by atoms with E-state index < -0.39 is 15.9 Å². The second-order valence-electron chi connectivity index (χ2n) is 11.0. The number of carbonyl (C=O) groups is 2. The molecule has 0 aliphatic carbocycles. The SMILES string of the molecule is Cc1ccc(C(=O)Nc2cccc(C(=O)c3ccc(C(C)(C)C)cc3)c2)cc1S(=O)(=O)Nc1cccc(C)c1C. The number of anilines is 2. The number of rotatable bonds is 7. The zero-order valence-electron chi connectivity index (χ0n) is 23.6. The quantitative estimate of drug-likeness (QED) is 0.236. The first kappa shape index (κ1) is 28.8. The number of hydrogen-bond donors (Lipinski definition) is 2. The Labute approximate surface area is 236 Å². The summed E-state index contributed by atoms with van der Waals surface area (Å²) in [6.07, 6.45) is 0. The number of aryl methyl sites for hydroxylation is 2. The van der Waals surface area contributed by atoms with E-state index >= 15 is 0 Å². The highest BCUT2D eigenvalue weighted by atomic mass is 32.2. The van der Waals surface area contributed by atoms with Gasteiger partial charge < -0.3 is 5.32 Å². The molecule has 4 aromatic rings. The predicted molar refractivity (Wildman–Crippen MR) is 161 cm³/mol. The summed E-state index contributed by atoms with van der Waals surface area (Å²) in [4.78, 5) is 26.3. The fourth-order valence-electron chi connectivity index (χ4n) is 4.32. The Balaban J connectivity index is 1.55. The van der Waals surface area contributed by atoms with E-state index in [1.807, 2.05) is 44.2 Å². The summed E-state index contributed by atoms with van der Waals surface area (Å²) in [6, 6.07) is 24.2. The van der Waals surface area contributed by atoms with Crippen molar-refractivity contribution in [3.63, 3.8) is 0 Å². The second kappa shape index (κ2) is 11.1.